The molecule has 1 aliphatic rings. The second kappa shape index (κ2) is 6.44. The number of H-pyrrole nitrogens is 1. The Bertz CT molecular complexity index is 722. The number of carboxylic acids is 1. The molecule has 1 heterocycles. The van der Waals surface area contributed by atoms with Crippen LogP contribution in [0.25, 0.3) is 10.9 Å². The van der Waals surface area contributed by atoms with Crippen molar-refractivity contribution in [2.24, 2.45) is 11.8 Å². The number of nitrogens with one attached hydrogen (secondary N) is 1. The minimum Gasteiger partial charge on any atom is -0.481 e. The summed E-state index contributed by atoms with van der Waals surface area (Å²) in [7, 11) is 0. The predicted molar refractivity (Wildman–Crippen MR) is 87.9 cm³/mol. The van der Waals surface area contributed by atoms with Crippen LogP contribution in [0.1, 0.15) is 31.7 Å². The maximum Gasteiger partial charge on any atom is 0.306 e. The summed E-state index contributed by atoms with van der Waals surface area (Å²) in [6.07, 6.45) is 3.71. The number of hydrogen-bond donors (Lipinski definition) is 2. The fraction of sp³-hybridized carbons (Fsp3) is 0.444. The third-order valence-corrected chi connectivity index (χ3v) is 4.86. The Balaban J connectivity index is 1.72. The second-order valence-electron chi connectivity index (χ2n) is 6.26. The summed E-state index contributed by atoms with van der Waals surface area (Å²) >= 11 is 0. The van der Waals surface area contributed by atoms with Gasteiger partial charge in [-0.05, 0) is 37.8 Å². The zero-order valence-corrected chi connectivity index (χ0v) is 13.3. The first-order valence-corrected chi connectivity index (χ1v) is 8.16. The summed E-state index contributed by atoms with van der Waals surface area (Å²) in [5, 5.41) is 10.2. The van der Waals surface area contributed by atoms with E-state index in [0.29, 0.717) is 32.4 Å². The Kier molecular flexibility index (Phi) is 4.37. The molecule has 0 aliphatic heterocycles. The normalized spacial score (nSPS) is 20.7. The number of rotatable bonds is 5. The lowest BCUT2D eigenvalue weighted by atomic mass is 10.0. The fourth-order valence-corrected chi connectivity index (χ4v) is 3.50. The number of aliphatic carboxylic acids is 1. The molecule has 1 saturated carbocycles. The van der Waals surface area contributed by atoms with Gasteiger partial charge >= 0.3 is 5.97 Å². The van der Waals surface area contributed by atoms with Crippen molar-refractivity contribution >= 4 is 22.8 Å². The molecule has 0 bridgehead atoms. The van der Waals surface area contributed by atoms with E-state index < -0.39 is 5.97 Å². The molecule has 5 heteroatoms. The maximum atomic E-state index is 12.7. The summed E-state index contributed by atoms with van der Waals surface area (Å²) in [5.74, 6) is -1.21. The number of hydrogen-bond acceptors (Lipinski definition) is 2. The van der Waals surface area contributed by atoms with Crippen molar-refractivity contribution in [3.05, 3.63) is 36.0 Å². The Morgan fingerprint density at radius 2 is 2.00 bits per heavy atom. The number of para-hydroxylation sites is 1. The van der Waals surface area contributed by atoms with Gasteiger partial charge in [0.1, 0.15) is 0 Å². The van der Waals surface area contributed by atoms with Gasteiger partial charge in [-0.15, -0.1) is 0 Å². The lowest BCUT2D eigenvalue weighted by Crippen LogP contribution is -2.35. The first kappa shape index (κ1) is 15.6. The number of carboxylic acid groups (broad SMARTS) is 1. The monoisotopic (exact) mass is 314 g/mol. The summed E-state index contributed by atoms with van der Waals surface area (Å²) in [6.45, 7) is 3.16. The van der Waals surface area contributed by atoms with Gasteiger partial charge in [-0.1, -0.05) is 18.2 Å². The lowest BCUT2D eigenvalue weighted by Gasteiger charge is -2.24. The van der Waals surface area contributed by atoms with E-state index in [1.165, 1.54) is 0 Å². The van der Waals surface area contributed by atoms with E-state index in [1.807, 2.05) is 36.2 Å². The van der Waals surface area contributed by atoms with Crippen molar-refractivity contribution in [1.82, 2.24) is 9.88 Å². The van der Waals surface area contributed by atoms with Gasteiger partial charge in [-0.3, -0.25) is 9.59 Å². The van der Waals surface area contributed by atoms with Gasteiger partial charge in [-0.25, -0.2) is 0 Å². The van der Waals surface area contributed by atoms with E-state index in [0.717, 1.165) is 16.5 Å². The van der Waals surface area contributed by atoms with Crippen molar-refractivity contribution in [2.75, 3.05) is 6.54 Å². The van der Waals surface area contributed by atoms with Crippen LogP contribution in [-0.2, 0) is 16.1 Å². The molecule has 2 aromatic rings. The first-order chi connectivity index (χ1) is 11.1. The number of benzene rings is 1. The standard InChI is InChI=1S/C18H22N2O3/c1-2-20(17(21)12-7-8-13(9-12)18(22)23)11-14-10-19-16-6-4-3-5-15(14)16/h3-6,10,12-13,19H,2,7-9,11H2,1H3,(H,22,23)/t12-,13+/m1/s1. The molecule has 1 amide bonds. The second-order valence-corrected chi connectivity index (χ2v) is 6.26. The molecule has 1 fully saturated rings. The third kappa shape index (κ3) is 3.09. The Morgan fingerprint density at radius 1 is 1.26 bits per heavy atom. The van der Waals surface area contributed by atoms with Gasteiger partial charge in [0.05, 0.1) is 5.92 Å². The largest absolute Gasteiger partial charge is 0.481 e. The van der Waals surface area contributed by atoms with Gasteiger partial charge in [0, 0.05) is 36.1 Å². The molecule has 23 heavy (non-hydrogen) atoms. The van der Waals surface area contributed by atoms with Crippen LogP contribution < -0.4 is 0 Å². The van der Waals surface area contributed by atoms with Crippen molar-refractivity contribution in [3.8, 4) is 0 Å². The Hall–Kier alpha value is -2.30. The summed E-state index contributed by atoms with van der Waals surface area (Å²) < 4.78 is 0. The molecule has 0 unspecified atom stereocenters. The Labute approximate surface area is 135 Å². The molecule has 1 aliphatic carbocycles. The van der Waals surface area contributed by atoms with Crippen molar-refractivity contribution in [3.63, 3.8) is 0 Å². The van der Waals surface area contributed by atoms with Gasteiger partial charge in [0.15, 0.2) is 0 Å². The van der Waals surface area contributed by atoms with Crippen molar-refractivity contribution < 1.29 is 14.7 Å². The first-order valence-electron chi connectivity index (χ1n) is 8.16. The van der Waals surface area contributed by atoms with E-state index in [9.17, 15) is 9.59 Å². The summed E-state index contributed by atoms with van der Waals surface area (Å²) in [4.78, 5) is 28.9. The minimum absolute atomic E-state index is 0.0848. The van der Waals surface area contributed by atoms with Crippen LogP contribution in [0.5, 0.6) is 0 Å². The molecule has 0 radical (unpaired) electrons. The van der Waals surface area contributed by atoms with Gasteiger partial charge < -0.3 is 15.0 Å². The maximum absolute atomic E-state index is 12.7. The van der Waals surface area contributed by atoms with Crippen LogP contribution in [-0.4, -0.2) is 33.4 Å². The Morgan fingerprint density at radius 3 is 2.70 bits per heavy atom. The molecule has 2 N–H and O–H groups in total. The van der Waals surface area contributed by atoms with Gasteiger partial charge in [0.25, 0.3) is 0 Å². The van der Waals surface area contributed by atoms with E-state index in [-0.39, 0.29) is 17.7 Å². The lowest BCUT2D eigenvalue weighted by molar-refractivity contribution is -0.141. The van der Waals surface area contributed by atoms with Gasteiger partial charge in [-0.2, -0.15) is 0 Å². The minimum atomic E-state index is -0.778. The number of amides is 1. The van der Waals surface area contributed by atoms with Crippen molar-refractivity contribution in [1.29, 1.82) is 0 Å². The highest BCUT2D eigenvalue weighted by Gasteiger charge is 2.35. The highest BCUT2D eigenvalue weighted by molar-refractivity contribution is 5.85. The number of nitrogens with zero attached hydrogens (tertiary/aromatic N) is 1. The SMILES string of the molecule is CCN(Cc1c[nH]c2ccccc12)C(=O)[C@@H]1CC[C@H](C(=O)O)C1. The average Bonchev–Trinajstić information content (AvgIpc) is 3.19. The molecule has 122 valence electrons. The van der Waals surface area contributed by atoms with E-state index >= 15 is 0 Å². The number of carbonyl (C=O) groups excluding carboxylic acids is 1. The third-order valence-electron chi connectivity index (χ3n) is 4.86. The number of aromatic nitrogens is 1. The quantitative estimate of drug-likeness (QED) is 0.891. The van der Waals surface area contributed by atoms with Crippen molar-refractivity contribution in [2.45, 2.75) is 32.7 Å². The van der Waals surface area contributed by atoms with Gasteiger partial charge in [0.2, 0.25) is 5.91 Å². The van der Waals surface area contributed by atoms with Crippen LogP contribution in [0.4, 0.5) is 0 Å². The smallest absolute Gasteiger partial charge is 0.306 e. The molecule has 0 spiro atoms. The molecule has 0 saturated heterocycles. The van der Waals surface area contributed by atoms with E-state index in [1.54, 1.807) is 0 Å². The fourth-order valence-electron chi connectivity index (χ4n) is 3.50. The molecule has 1 aromatic carbocycles. The summed E-state index contributed by atoms with van der Waals surface area (Å²) in [6, 6.07) is 8.04. The van der Waals surface area contributed by atoms with Crippen LogP contribution in [0.15, 0.2) is 30.5 Å². The highest BCUT2D eigenvalue weighted by Crippen LogP contribution is 2.33. The summed E-state index contributed by atoms with van der Waals surface area (Å²) in [5.41, 5.74) is 2.17. The van der Waals surface area contributed by atoms with Crippen LogP contribution >= 0.6 is 0 Å². The van der Waals surface area contributed by atoms with Crippen LogP contribution in [0.3, 0.4) is 0 Å². The van der Waals surface area contributed by atoms with Crippen LogP contribution in [0.2, 0.25) is 0 Å². The molecule has 2 atom stereocenters. The molecule has 3 rings (SSSR count). The molecule has 5 nitrogen and oxygen atoms in total. The average molecular weight is 314 g/mol. The van der Waals surface area contributed by atoms with E-state index in [2.05, 4.69) is 11.1 Å². The molecular weight excluding hydrogens is 292 g/mol. The predicted octanol–water partition coefficient (Wildman–Crippen LogP) is 3.02. The van der Waals surface area contributed by atoms with E-state index in [4.69, 9.17) is 5.11 Å². The number of aromatic amines is 1. The topological polar surface area (TPSA) is 73.4 Å². The number of fused-ring (bicyclic) bond motifs is 1. The zero-order chi connectivity index (χ0) is 16.4. The zero-order valence-electron chi connectivity index (χ0n) is 13.3. The molecular formula is C18H22N2O3. The molecule has 1 aromatic heterocycles. The van der Waals surface area contributed by atoms with Crippen LogP contribution in [0, 0.1) is 11.8 Å². The highest BCUT2D eigenvalue weighted by atomic mass is 16.4. The number of carbonyl (C=O) groups is 2.